The highest BCUT2D eigenvalue weighted by Crippen LogP contribution is 2.28. The van der Waals surface area contributed by atoms with Crippen LogP contribution in [0.2, 0.25) is 5.02 Å². The van der Waals surface area contributed by atoms with Gasteiger partial charge in [-0.2, -0.15) is 0 Å². The Morgan fingerprint density at radius 1 is 1.31 bits per heavy atom. The molecule has 0 aliphatic heterocycles. The predicted molar refractivity (Wildman–Crippen MR) is 65.8 cm³/mol. The third-order valence-corrected chi connectivity index (χ3v) is 2.77. The first kappa shape index (κ1) is 13.3. The normalized spacial score (nSPS) is 16.6. The van der Waals surface area contributed by atoms with Crippen LogP contribution in [-0.4, -0.2) is 17.3 Å². The molecule has 0 spiro atoms. The van der Waals surface area contributed by atoms with Gasteiger partial charge in [0, 0.05) is 6.04 Å². The molecule has 3 atom stereocenters. The maximum atomic E-state index is 9.33. The molecule has 0 saturated heterocycles. The standard InChI is InChI=1S/C12H18ClNO2/c1-7(14)10-4-5-12(11(13)6-10)16-9(3)8(2)15/h4-9,15H,14H2,1-3H3/t7-,8?,9?/m1/s1. The van der Waals surface area contributed by atoms with Crippen molar-refractivity contribution >= 4 is 11.6 Å². The maximum absolute atomic E-state index is 9.33. The van der Waals surface area contributed by atoms with Gasteiger partial charge in [0.05, 0.1) is 11.1 Å². The molecule has 0 aliphatic rings. The average Bonchev–Trinajstić information content (AvgIpc) is 2.20. The number of hydrogen-bond donors (Lipinski definition) is 2. The number of nitrogens with two attached hydrogens (primary N) is 1. The lowest BCUT2D eigenvalue weighted by molar-refractivity contribution is 0.0605. The van der Waals surface area contributed by atoms with E-state index in [1.807, 2.05) is 13.0 Å². The number of halogens is 1. The Hall–Kier alpha value is -0.770. The van der Waals surface area contributed by atoms with Crippen LogP contribution in [-0.2, 0) is 0 Å². The smallest absolute Gasteiger partial charge is 0.138 e. The van der Waals surface area contributed by atoms with Gasteiger partial charge < -0.3 is 15.6 Å². The lowest BCUT2D eigenvalue weighted by atomic mass is 10.1. The maximum Gasteiger partial charge on any atom is 0.138 e. The van der Waals surface area contributed by atoms with Gasteiger partial charge in [-0.3, -0.25) is 0 Å². The van der Waals surface area contributed by atoms with Crippen molar-refractivity contribution in [2.45, 2.75) is 39.0 Å². The van der Waals surface area contributed by atoms with Crippen LogP contribution in [0.3, 0.4) is 0 Å². The molecule has 0 aromatic heterocycles. The van der Waals surface area contributed by atoms with Crippen molar-refractivity contribution in [3.8, 4) is 5.75 Å². The Labute approximate surface area is 101 Å². The van der Waals surface area contributed by atoms with E-state index in [1.54, 1.807) is 26.0 Å². The first-order valence-electron chi connectivity index (χ1n) is 5.31. The summed E-state index contributed by atoms with van der Waals surface area (Å²) in [6.07, 6.45) is -0.831. The fourth-order valence-electron chi connectivity index (χ4n) is 1.19. The number of aliphatic hydroxyl groups excluding tert-OH is 1. The summed E-state index contributed by atoms with van der Waals surface area (Å²) in [5, 5.41) is 9.84. The highest BCUT2D eigenvalue weighted by Gasteiger charge is 2.13. The minimum atomic E-state index is -0.538. The van der Waals surface area contributed by atoms with E-state index in [9.17, 15) is 5.11 Å². The lowest BCUT2D eigenvalue weighted by Gasteiger charge is -2.18. The topological polar surface area (TPSA) is 55.5 Å². The largest absolute Gasteiger partial charge is 0.486 e. The Kier molecular flexibility index (Phi) is 4.59. The first-order valence-corrected chi connectivity index (χ1v) is 5.69. The SMILES string of the molecule is CC(O)C(C)Oc1ccc([C@@H](C)N)cc1Cl. The quantitative estimate of drug-likeness (QED) is 0.854. The molecule has 90 valence electrons. The van der Waals surface area contributed by atoms with Crippen molar-refractivity contribution in [1.82, 2.24) is 0 Å². The number of hydrogen-bond acceptors (Lipinski definition) is 3. The monoisotopic (exact) mass is 243 g/mol. The van der Waals surface area contributed by atoms with Crippen molar-refractivity contribution < 1.29 is 9.84 Å². The van der Waals surface area contributed by atoms with E-state index in [0.29, 0.717) is 10.8 Å². The van der Waals surface area contributed by atoms with Crippen LogP contribution in [0.4, 0.5) is 0 Å². The second-order valence-corrected chi connectivity index (χ2v) is 4.45. The summed E-state index contributed by atoms with van der Waals surface area (Å²) < 4.78 is 5.52. The zero-order valence-corrected chi connectivity index (χ0v) is 10.5. The Bertz CT molecular complexity index is 353. The van der Waals surface area contributed by atoms with Crippen LogP contribution in [0.5, 0.6) is 5.75 Å². The number of aliphatic hydroxyl groups is 1. The molecule has 0 heterocycles. The zero-order chi connectivity index (χ0) is 12.3. The highest BCUT2D eigenvalue weighted by atomic mass is 35.5. The molecule has 0 aliphatic carbocycles. The fraction of sp³-hybridized carbons (Fsp3) is 0.500. The van der Waals surface area contributed by atoms with Gasteiger partial charge in [0.25, 0.3) is 0 Å². The summed E-state index contributed by atoms with van der Waals surface area (Å²) in [5.74, 6) is 0.569. The van der Waals surface area contributed by atoms with E-state index in [-0.39, 0.29) is 12.1 Å². The summed E-state index contributed by atoms with van der Waals surface area (Å²) in [6.45, 7) is 5.36. The fourth-order valence-corrected chi connectivity index (χ4v) is 1.43. The van der Waals surface area contributed by atoms with E-state index in [2.05, 4.69) is 0 Å². The number of ether oxygens (including phenoxy) is 1. The molecule has 16 heavy (non-hydrogen) atoms. The van der Waals surface area contributed by atoms with E-state index in [4.69, 9.17) is 22.1 Å². The summed E-state index contributed by atoms with van der Waals surface area (Å²) >= 11 is 6.06. The van der Waals surface area contributed by atoms with E-state index in [1.165, 1.54) is 0 Å². The Morgan fingerprint density at radius 2 is 1.94 bits per heavy atom. The predicted octanol–water partition coefficient (Wildman–Crippen LogP) is 2.51. The second-order valence-electron chi connectivity index (χ2n) is 4.04. The van der Waals surface area contributed by atoms with Gasteiger partial charge in [-0.05, 0) is 38.5 Å². The van der Waals surface area contributed by atoms with Gasteiger partial charge in [0.2, 0.25) is 0 Å². The van der Waals surface area contributed by atoms with Gasteiger partial charge in [-0.15, -0.1) is 0 Å². The molecule has 0 radical (unpaired) electrons. The molecule has 1 rings (SSSR count). The van der Waals surface area contributed by atoms with E-state index < -0.39 is 6.10 Å². The molecule has 0 saturated carbocycles. The molecular formula is C12H18ClNO2. The molecule has 1 aromatic carbocycles. The third kappa shape index (κ3) is 3.37. The molecule has 4 heteroatoms. The van der Waals surface area contributed by atoms with Crippen LogP contribution >= 0.6 is 11.6 Å². The van der Waals surface area contributed by atoms with Gasteiger partial charge >= 0.3 is 0 Å². The second kappa shape index (κ2) is 5.53. The minimum absolute atomic E-state index is 0.0549. The average molecular weight is 244 g/mol. The third-order valence-electron chi connectivity index (χ3n) is 2.47. The summed E-state index contributed by atoms with van der Waals surface area (Å²) in [7, 11) is 0. The van der Waals surface area contributed by atoms with E-state index >= 15 is 0 Å². The van der Waals surface area contributed by atoms with Crippen LogP contribution in [0.15, 0.2) is 18.2 Å². The summed E-state index contributed by atoms with van der Waals surface area (Å²) in [4.78, 5) is 0. The summed E-state index contributed by atoms with van der Waals surface area (Å²) in [5.41, 5.74) is 6.70. The van der Waals surface area contributed by atoms with Crippen LogP contribution < -0.4 is 10.5 Å². The van der Waals surface area contributed by atoms with Gasteiger partial charge in [0.1, 0.15) is 11.9 Å². The molecule has 0 fully saturated rings. The van der Waals surface area contributed by atoms with Gasteiger partial charge in [-0.1, -0.05) is 17.7 Å². The van der Waals surface area contributed by atoms with Crippen molar-refractivity contribution in [2.24, 2.45) is 5.73 Å². The van der Waals surface area contributed by atoms with Gasteiger partial charge in [-0.25, -0.2) is 0 Å². The van der Waals surface area contributed by atoms with Crippen LogP contribution in [0.1, 0.15) is 32.4 Å². The molecule has 1 aromatic rings. The van der Waals surface area contributed by atoms with Gasteiger partial charge in [0.15, 0.2) is 0 Å². The minimum Gasteiger partial charge on any atom is -0.486 e. The van der Waals surface area contributed by atoms with Crippen molar-refractivity contribution in [2.75, 3.05) is 0 Å². The molecule has 0 bridgehead atoms. The zero-order valence-electron chi connectivity index (χ0n) is 9.77. The van der Waals surface area contributed by atoms with Crippen LogP contribution in [0, 0.1) is 0 Å². The Morgan fingerprint density at radius 3 is 2.38 bits per heavy atom. The van der Waals surface area contributed by atoms with Crippen molar-refractivity contribution in [3.05, 3.63) is 28.8 Å². The van der Waals surface area contributed by atoms with Crippen molar-refractivity contribution in [1.29, 1.82) is 0 Å². The highest BCUT2D eigenvalue weighted by molar-refractivity contribution is 6.32. The van der Waals surface area contributed by atoms with Crippen molar-refractivity contribution in [3.63, 3.8) is 0 Å². The summed E-state index contributed by atoms with van der Waals surface area (Å²) in [6, 6.07) is 5.39. The van der Waals surface area contributed by atoms with E-state index in [0.717, 1.165) is 5.56 Å². The molecule has 3 N–H and O–H groups in total. The molecular weight excluding hydrogens is 226 g/mol. The number of benzene rings is 1. The number of rotatable bonds is 4. The first-order chi connectivity index (χ1) is 7.41. The van der Waals surface area contributed by atoms with Crippen LogP contribution in [0.25, 0.3) is 0 Å². The molecule has 3 nitrogen and oxygen atoms in total. The molecule has 2 unspecified atom stereocenters. The Balaban J connectivity index is 2.83. The molecule has 0 amide bonds. The lowest BCUT2D eigenvalue weighted by Crippen LogP contribution is -2.25.